The molecule has 0 bridgehead atoms. The van der Waals surface area contributed by atoms with Crippen molar-refractivity contribution in [3.05, 3.63) is 34.0 Å². The van der Waals surface area contributed by atoms with Gasteiger partial charge in [0.05, 0.1) is 6.54 Å². The summed E-state index contributed by atoms with van der Waals surface area (Å²) in [7, 11) is 0. The van der Waals surface area contributed by atoms with Crippen molar-refractivity contribution in [2.45, 2.75) is 13.5 Å². The molecule has 0 radical (unpaired) electrons. The van der Waals surface area contributed by atoms with Crippen LogP contribution in [-0.2, 0) is 6.54 Å². The average Bonchev–Trinajstić information content (AvgIpc) is 2.47. The summed E-state index contributed by atoms with van der Waals surface area (Å²) in [6.07, 6.45) is 0. The first-order valence-corrected chi connectivity index (χ1v) is 4.88. The second-order valence-corrected chi connectivity index (χ2v) is 3.97. The molecule has 1 heterocycles. The van der Waals surface area contributed by atoms with E-state index in [4.69, 9.17) is 10.2 Å². The molecule has 0 spiro atoms. The molecule has 0 aliphatic carbocycles. The third-order valence-electron chi connectivity index (χ3n) is 2.02. The lowest BCUT2D eigenvalue weighted by Crippen LogP contribution is -1.92. The van der Waals surface area contributed by atoms with E-state index in [1.54, 1.807) is 0 Å². The van der Waals surface area contributed by atoms with Gasteiger partial charge in [-0.15, -0.1) is 12.4 Å². The van der Waals surface area contributed by atoms with Gasteiger partial charge in [-0.05, 0) is 30.7 Å². The van der Waals surface area contributed by atoms with Crippen molar-refractivity contribution >= 4 is 39.3 Å². The van der Waals surface area contributed by atoms with E-state index < -0.39 is 0 Å². The molecule has 0 saturated heterocycles. The SMILES string of the molecule is Cc1cc(Br)cc2cc(CN)oc12.Cl. The molecule has 0 unspecified atom stereocenters. The van der Waals surface area contributed by atoms with E-state index in [0.717, 1.165) is 26.8 Å². The molecular formula is C10H11BrClNO. The lowest BCUT2D eigenvalue weighted by molar-refractivity contribution is 0.550. The van der Waals surface area contributed by atoms with Crippen molar-refractivity contribution in [1.29, 1.82) is 0 Å². The molecule has 1 aromatic carbocycles. The van der Waals surface area contributed by atoms with Crippen LogP contribution in [0, 0.1) is 6.92 Å². The molecule has 14 heavy (non-hydrogen) atoms. The summed E-state index contributed by atoms with van der Waals surface area (Å²) in [6.45, 7) is 2.47. The summed E-state index contributed by atoms with van der Waals surface area (Å²) < 4.78 is 6.63. The highest BCUT2D eigenvalue weighted by molar-refractivity contribution is 9.10. The molecule has 0 amide bonds. The van der Waals surface area contributed by atoms with Crippen molar-refractivity contribution < 1.29 is 4.42 Å². The normalized spacial score (nSPS) is 10.2. The van der Waals surface area contributed by atoms with E-state index in [0.29, 0.717) is 6.54 Å². The van der Waals surface area contributed by atoms with Crippen molar-refractivity contribution in [3.8, 4) is 0 Å². The number of benzene rings is 1. The standard InChI is InChI=1S/C10H10BrNO.ClH/c1-6-2-8(11)3-7-4-9(5-12)13-10(6)7;/h2-4H,5,12H2,1H3;1H. The van der Waals surface area contributed by atoms with E-state index in [9.17, 15) is 0 Å². The number of nitrogens with two attached hydrogens (primary N) is 1. The minimum Gasteiger partial charge on any atom is -0.459 e. The summed E-state index contributed by atoms with van der Waals surface area (Å²) in [5, 5.41) is 1.10. The first kappa shape index (κ1) is 11.6. The van der Waals surface area contributed by atoms with Gasteiger partial charge in [-0.25, -0.2) is 0 Å². The fourth-order valence-corrected chi connectivity index (χ4v) is 2.03. The molecule has 4 heteroatoms. The van der Waals surface area contributed by atoms with Crippen LogP contribution in [0.2, 0.25) is 0 Å². The molecule has 0 saturated carbocycles. The third-order valence-corrected chi connectivity index (χ3v) is 2.48. The van der Waals surface area contributed by atoms with Gasteiger partial charge in [0.1, 0.15) is 11.3 Å². The number of rotatable bonds is 1. The van der Waals surface area contributed by atoms with Crippen molar-refractivity contribution in [2.24, 2.45) is 5.73 Å². The van der Waals surface area contributed by atoms with Crippen LogP contribution in [0.4, 0.5) is 0 Å². The Bertz CT molecular complexity index is 453. The van der Waals surface area contributed by atoms with Crippen LogP contribution in [-0.4, -0.2) is 0 Å². The average molecular weight is 277 g/mol. The Kier molecular flexibility index (Phi) is 3.59. The number of hydrogen-bond acceptors (Lipinski definition) is 2. The van der Waals surface area contributed by atoms with E-state index in [1.165, 1.54) is 0 Å². The van der Waals surface area contributed by atoms with Crippen LogP contribution in [0.1, 0.15) is 11.3 Å². The molecule has 0 fully saturated rings. The molecule has 0 atom stereocenters. The predicted octanol–water partition coefficient (Wildman–Crippen LogP) is 3.38. The van der Waals surface area contributed by atoms with Gasteiger partial charge in [0, 0.05) is 9.86 Å². The molecular weight excluding hydrogens is 265 g/mol. The number of aryl methyl sites for hydroxylation is 1. The number of furan rings is 1. The number of hydrogen-bond donors (Lipinski definition) is 1. The minimum absolute atomic E-state index is 0. The molecule has 2 rings (SSSR count). The summed E-state index contributed by atoms with van der Waals surface area (Å²) in [5.74, 6) is 0.830. The molecule has 0 aliphatic rings. The Balaban J connectivity index is 0.000000980. The van der Waals surface area contributed by atoms with Gasteiger partial charge in [-0.1, -0.05) is 15.9 Å². The molecule has 2 nitrogen and oxygen atoms in total. The predicted molar refractivity (Wildman–Crippen MR) is 63.8 cm³/mol. The zero-order chi connectivity index (χ0) is 9.42. The van der Waals surface area contributed by atoms with Crippen LogP contribution < -0.4 is 5.73 Å². The Labute approximate surface area is 97.0 Å². The molecule has 2 aromatic rings. The first-order valence-electron chi connectivity index (χ1n) is 4.09. The van der Waals surface area contributed by atoms with Gasteiger partial charge in [0.2, 0.25) is 0 Å². The van der Waals surface area contributed by atoms with Gasteiger partial charge in [0.25, 0.3) is 0 Å². The number of fused-ring (bicyclic) bond motifs is 1. The Morgan fingerprint density at radius 3 is 2.71 bits per heavy atom. The third kappa shape index (κ3) is 1.95. The van der Waals surface area contributed by atoms with Crippen molar-refractivity contribution in [2.75, 3.05) is 0 Å². The fourth-order valence-electron chi connectivity index (χ4n) is 1.44. The van der Waals surface area contributed by atoms with Crippen molar-refractivity contribution in [3.63, 3.8) is 0 Å². The van der Waals surface area contributed by atoms with Gasteiger partial charge in [-0.3, -0.25) is 0 Å². The van der Waals surface area contributed by atoms with Crippen LogP contribution in [0.25, 0.3) is 11.0 Å². The van der Waals surface area contributed by atoms with Gasteiger partial charge < -0.3 is 10.2 Å². The number of halogens is 2. The van der Waals surface area contributed by atoms with Crippen LogP contribution in [0.5, 0.6) is 0 Å². The molecule has 0 aliphatic heterocycles. The summed E-state index contributed by atoms with van der Waals surface area (Å²) in [5.41, 5.74) is 7.56. The summed E-state index contributed by atoms with van der Waals surface area (Å²) in [6, 6.07) is 6.05. The largest absolute Gasteiger partial charge is 0.459 e. The zero-order valence-electron chi connectivity index (χ0n) is 7.71. The Morgan fingerprint density at radius 2 is 2.07 bits per heavy atom. The molecule has 76 valence electrons. The van der Waals surface area contributed by atoms with Crippen LogP contribution in [0.15, 0.2) is 27.1 Å². The van der Waals surface area contributed by atoms with E-state index >= 15 is 0 Å². The lowest BCUT2D eigenvalue weighted by atomic mass is 10.2. The second kappa shape index (κ2) is 4.34. The fraction of sp³-hybridized carbons (Fsp3) is 0.200. The van der Waals surface area contributed by atoms with Gasteiger partial charge in [-0.2, -0.15) is 0 Å². The summed E-state index contributed by atoms with van der Waals surface area (Å²) >= 11 is 3.44. The minimum atomic E-state index is 0. The maximum Gasteiger partial charge on any atom is 0.137 e. The van der Waals surface area contributed by atoms with Crippen LogP contribution in [0.3, 0.4) is 0 Å². The van der Waals surface area contributed by atoms with Gasteiger partial charge >= 0.3 is 0 Å². The maximum absolute atomic E-state index is 5.56. The van der Waals surface area contributed by atoms with Crippen LogP contribution >= 0.6 is 28.3 Å². The zero-order valence-corrected chi connectivity index (χ0v) is 10.1. The van der Waals surface area contributed by atoms with Crippen molar-refractivity contribution in [1.82, 2.24) is 0 Å². The monoisotopic (exact) mass is 275 g/mol. The van der Waals surface area contributed by atoms with Gasteiger partial charge in [0.15, 0.2) is 0 Å². The highest BCUT2D eigenvalue weighted by atomic mass is 79.9. The first-order chi connectivity index (χ1) is 6.20. The maximum atomic E-state index is 5.56. The highest BCUT2D eigenvalue weighted by Gasteiger charge is 2.05. The Morgan fingerprint density at radius 1 is 1.36 bits per heavy atom. The highest BCUT2D eigenvalue weighted by Crippen LogP contribution is 2.26. The van der Waals surface area contributed by atoms with E-state index in [1.807, 2.05) is 25.1 Å². The summed E-state index contributed by atoms with van der Waals surface area (Å²) in [4.78, 5) is 0. The topological polar surface area (TPSA) is 39.2 Å². The second-order valence-electron chi connectivity index (χ2n) is 3.06. The molecule has 1 aromatic heterocycles. The molecule has 2 N–H and O–H groups in total. The van der Waals surface area contributed by atoms with E-state index in [-0.39, 0.29) is 12.4 Å². The quantitative estimate of drug-likeness (QED) is 0.867. The lowest BCUT2D eigenvalue weighted by Gasteiger charge is -1.95. The smallest absolute Gasteiger partial charge is 0.137 e. The van der Waals surface area contributed by atoms with E-state index in [2.05, 4.69) is 15.9 Å². The Hall–Kier alpha value is -0.510.